The second kappa shape index (κ2) is 9.38. The number of hydrogen-bond donors (Lipinski definition) is 1. The number of carbonyl (C=O) groups is 1. The Bertz CT molecular complexity index is 658. The summed E-state index contributed by atoms with van der Waals surface area (Å²) in [6, 6.07) is 16.1. The van der Waals surface area contributed by atoms with Gasteiger partial charge in [-0.05, 0) is 50.6 Å². The van der Waals surface area contributed by atoms with Crippen LogP contribution < -0.4 is 10.1 Å². The molecule has 0 bridgehead atoms. The van der Waals surface area contributed by atoms with Gasteiger partial charge in [-0.2, -0.15) is 0 Å². The lowest BCUT2D eigenvalue weighted by molar-refractivity contribution is 0.0939. The van der Waals surface area contributed by atoms with E-state index in [0.717, 1.165) is 23.5 Å². The third-order valence-corrected chi connectivity index (χ3v) is 4.81. The zero-order valence-electron chi connectivity index (χ0n) is 14.5. The van der Waals surface area contributed by atoms with Crippen molar-refractivity contribution in [1.29, 1.82) is 0 Å². The Labute approximate surface area is 148 Å². The van der Waals surface area contributed by atoms with E-state index in [1.165, 1.54) is 4.90 Å². The molecule has 0 aromatic heterocycles. The van der Waals surface area contributed by atoms with Crippen molar-refractivity contribution >= 4 is 17.7 Å². The van der Waals surface area contributed by atoms with Gasteiger partial charge in [-0.15, -0.1) is 11.8 Å². The maximum absolute atomic E-state index is 12.4. The topological polar surface area (TPSA) is 38.3 Å². The number of thioether (sulfide) groups is 1. The quantitative estimate of drug-likeness (QED) is 0.692. The summed E-state index contributed by atoms with van der Waals surface area (Å²) in [4.78, 5) is 13.6. The van der Waals surface area contributed by atoms with Gasteiger partial charge in [-0.3, -0.25) is 4.79 Å². The number of hydrogen-bond acceptors (Lipinski definition) is 3. The molecule has 0 saturated carbocycles. The predicted octanol–water partition coefficient (Wildman–Crippen LogP) is 4.91. The van der Waals surface area contributed by atoms with E-state index in [2.05, 4.69) is 24.4 Å². The Hall–Kier alpha value is -1.94. The molecular formula is C20H25NO2S. The Morgan fingerprint density at radius 1 is 1.17 bits per heavy atom. The molecule has 0 aliphatic heterocycles. The molecular weight excluding hydrogens is 318 g/mol. The van der Waals surface area contributed by atoms with Crippen LogP contribution in [0, 0.1) is 0 Å². The summed E-state index contributed by atoms with van der Waals surface area (Å²) in [5.74, 6) is 1.59. The van der Waals surface area contributed by atoms with Crippen molar-refractivity contribution in [2.45, 2.75) is 43.9 Å². The first-order valence-electron chi connectivity index (χ1n) is 8.38. The van der Waals surface area contributed by atoms with Crippen LogP contribution in [0.2, 0.25) is 0 Å². The zero-order chi connectivity index (χ0) is 17.4. The monoisotopic (exact) mass is 343 g/mol. The molecule has 4 heteroatoms. The van der Waals surface area contributed by atoms with E-state index in [9.17, 15) is 4.79 Å². The van der Waals surface area contributed by atoms with Gasteiger partial charge in [-0.1, -0.05) is 25.1 Å². The van der Waals surface area contributed by atoms with Gasteiger partial charge >= 0.3 is 0 Å². The minimum Gasteiger partial charge on any atom is -0.494 e. The van der Waals surface area contributed by atoms with E-state index in [0.29, 0.717) is 12.2 Å². The molecule has 3 nitrogen and oxygen atoms in total. The lowest BCUT2D eigenvalue weighted by Crippen LogP contribution is -2.31. The van der Waals surface area contributed by atoms with Crippen molar-refractivity contribution < 1.29 is 9.53 Å². The number of rotatable bonds is 8. The SMILES string of the molecule is CCOc1ccc(C(=O)N[C@H](C)CC)cc1CSc1ccccc1. The summed E-state index contributed by atoms with van der Waals surface area (Å²) >= 11 is 1.74. The fourth-order valence-corrected chi connectivity index (χ4v) is 3.11. The van der Waals surface area contributed by atoms with Crippen molar-refractivity contribution in [1.82, 2.24) is 5.32 Å². The smallest absolute Gasteiger partial charge is 0.251 e. The lowest BCUT2D eigenvalue weighted by Gasteiger charge is -2.14. The molecule has 2 aromatic rings. The van der Waals surface area contributed by atoms with E-state index in [1.807, 2.05) is 50.2 Å². The lowest BCUT2D eigenvalue weighted by atomic mass is 10.1. The first kappa shape index (κ1) is 18.4. The van der Waals surface area contributed by atoms with Gasteiger partial charge < -0.3 is 10.1 Å². The van der Waals surface area contributed by atoms with E-state index < -0.39 is 0 Å². The first-order valence-corrected chi connectivity index (χ1v) is 9.37. The number of benzene rings is 2. The van der Waals surface area contributed by atoms with Crippen LogP contribution in [0.15, 0.2) is 53.4 Å². The average Bonchev–Trinajstić information content (AvgIpc) is 2.61. The van der Waals surface area contributed by atoms with Crippen LogP contribution in [-0.4, -0.2) is 18.6 Å². The molecule has 2 aromatic carbocycles. The molecule has 2 rings (SSSR count). The van der Waals surface area contributed by atoms with Crippen LogP contribution in [0.25, 0.3) is 0 Å². The van der Waals surface area contributed by atoms with E-state index in [1.54, 1.807) is 11.8 Å². The highest BCUT2D eigenvalue weighted by Gasteiger charge is 2.12. The number of nitrogens with one attached hydrogen (secondary N) is 1. The van der Waals surface area contributed by atoms with Gasteiger partial charge in [-0.25, -0.2) is 0 Å². The molecule has 24 heavy (non-hydrogen) atoms. The van der Waals surface area contributed by atoms with Crippen LogP contribution in [0.5, 0.6) is 5.75 Å². The minimum absolute atomic E-state index is 0.0293. The van der Waals surface area contributed by atoms with Gasteiger partial charge in [0.25, 0.3) is 5.91 Å². The maximum Gasteiger partial charge on any atom is 0.251 e. The van der Waals surface area contributed by atoms with Crippen molar-refractivity contribution in [3.8, 4) is 5.75 Å². The molecule has 0 unspecified atom stereocenters. The number of ether oxygens (including phenoxy) is 1. The highest BCUT2D eigenvalue weighted by Crippen LogP contribution is 2.29. The maximum atomic E-state index is 12.4. The molecule has 1 amide bonds. The standard InChI is InChI=1S/C20H25NO2S/c1-4-15(3)21-20(22)16-11-12-19(23-5-2)17(13-16)14-24-18-9-7-6-8-10-18/h6-13,15H,4-5,14H2,1-3H3,(H,21,22)/t15-/m1/s1. The first-order chi connectivity index (χ1) is 11.6. The Morgan fingerprint density at radius 3 is 2.58 bits per heavy atom. The van der Waals surface area contributed by atoms with E-state index >= 15 is 0 Å². The van der Waals surface area contributed by atoms with Crippen molar-refractivity contribution in [3.05, 3.63) is 59.7 Å². The molecule has 1 atom stereocenters. The molecule has 0 spiro atoms. The third kappa shape index (κ3) is 5.31. The molecule has 0 aliphatic carbocycles. The summed E-state index contributed by atoms with van der Waals surface area (Å²) in [5.41, 5.74) is 1.73. The fourth-order valence-electron chi connectivity index (χ4n) is 2.22. The molecule has 0 radical (unpaired) electrons. The normalized spacial score (nSPS) is 11.8. The summed E-state index contributed by atoms with van der Waals surface area (Å²) < 4.78 is 5.72. The van der Waals surface area contributed by atoms with Crippen LogP contribution in [0.3, 0.4) is 0 Å². The van der Waals surface area contributed by atoms with Crippen LogP contribution in [0.1, 0.15) is 43.1 Å². The molecule has 1 N–H and O–H groups in total. The van der Waals surface area contributed by atoms with Crippen LogP contribution in [0.4, 0.5) is 0 Å². The Kier molecular flexibility index (Phi) is 7.19. The fraction of sp³-hybridized carbons (Fsp3) is 0.350. The van der Waals surface area contributed by atoms with Gasteiger partial charge in [0.05, 0.1) is 6.61 Å². The van der Waals surface area contributed by atoms with Crippen molar-refractivity contribution in [3.63, 3.8) is 0 Å². The highest BCUT2D eigenvalue weighted by molar-refractivity contribution is 7.98. The summed E-state index contributed by atoms with van der Waals surface area (Å²) in [6.07, 6.45) is 0.916. The summed E-state index contributed by atoms with van der Waals surface area (Å²) in [5, 5.41) is 3.01. The number of amides is 1. The van der Waals surface area contributed by atoms with E-state index in [4.69, 9.17) is 4.74 Å². The third-order valence-electron chi connectivity index (χ3n) is 3.75. The molecule has 0 heterocycles. The van der Waals surface area contributed by atoms with Gasteiger partial charge in [0.15, 0.2) is 0 Å². The second-order valence-corrected chi connectivity index (χ2v) is 6.69. The van der Waals surface area contributed by atoms with Gasteiger partial charge in [0, 0.05) is 27.8 Å². The van der Waals surface area contributed by atoms with Crippen LogP contribution in [-0.2, 0) is 5.75 Å². The molecule has 128 valence electrons. The minimum atomic E-state index is -0.0293. The second-order valence-electron chi connectivity index (χ2n) is 5.64. The van der Waals surface area contributed by atoms with Crippen LogP contribution >= 0.6 is 11.8 Å². The summed E-state index contributed by atoms with van der Waals surface area (Å²) in [6.45, 7) is 6.66. The molecule has 0 saturated heterocycles. The number of carbonyl (C=O) groups excluding carboxylic acids is 1. The highest BCUT2D eigenvalue weighted by atomic mass is 32.2. The zero-order valence-corrected chi connectivity index (χ0v) is 15.4. The molecule has 0 fully saturated rings. The largest absolute Gasteiger partial charge is 0.494 e. The summed E-state index contributed by atoms with van der Waals surface area (Å²) in [7, 11) is 0. The average molecular weight is 343 g/mol. The Morgan fingerprint density at radius 2 is 1.92 bits per heavy atom. The van der Waals surface area contributed by atoms with Gasteiger partial charge in [0.2, 0.25) is 0 Å². The van der Waals surface area contributed by atoms with Gasteiger partial charge in [0.1, 0.15) is 5.75 Å². The predicted molar refractivity (Wildman–Crippen MR) is 101 cm³/mol. The van der Waals surface area contributed by atoms with E-state index in [-0.39, 0.29) is 11.9 Å². The van der Waals surface area contributed by atoms with Crippen molar-refractivity contribution in [2.24, 2.45) is 0 Å². The van der Waals surface area contributed by atoms with Crippen molar-refractivity contribution in [2.75, 3.05) is 6.61 Å². The molecule has 0 aliphatic rings. The Balaban J connectivity index is 2.16.